The number of unbranched alkanes of at least 4 members (excludes halogenated alkanes) is 1. The van der Waals surface area contributed by atoms with Crippen molar-refractivity contribution in [3.63, 3.8) is 0 Å². The minimum absolute atomic E-state index is 0.155. The van der Waals surface area contributed by atoms with E-state index in [0.29, 0.717) is 48.3 Å². The first-order valence-electron chi connectivity index (χ1n) is 18.4. The number of ether oxygens (including phenoxy) is 2. The third kappa shape index (κ3) is 9.74. The van der Waals surface area contributed by atoms with Crippen molar-refractivity contribution in [2.45, 2.75) is 71.4 Å². The van der Waals surface area contributed by atoms with Gasteiger partial charge in [-0.2, -0.15) is 5.26 Å². The number of piperazine rings is 1. The van der Waals surface area contributed by atoms with Gasteiger partial charge in [0.15, 0.2) is 0 Å². The number of aliphatic hydroxyl groups is 1. The molecule has 3 aromatic carbocycles. The summed E-state index contributed by atoms with van der Waals surface area (Å²) in [5, 5.41) is 32.6. The molecular formula is C42H48ClN5O5. The molecule has 2 fully saturated rings. The third-order valence-electron chi connectivity index (χ3n) is 10.4. The molecule has 11 heteroatoms. The van der Waals surface area contributed by atoms with Crippen LogP contribution in [-0.4, -0.2) is 82.4 Å². The van der Waals surface area contributed by atoms with Gasteiger partial charge in [0.25, 0.3) is 0 Å². The first-order chi connectivity index (χ1) is 25.7. The summed E-state index contributed by atoms with van der Waals surface area (Å²) in [6.45, 7) is 9.50. The summed E-state index contributed by atoms with van der Waals surface area (Å²) >= 11 is 6.85. The number of β-amino-alcohol motifs (C(OH)–C–C–N with tert-alkyl or cyclic N) is 1. The van der Waals surface area contributed by atoms with Crippen LogP contribution in [0.1, 0.15) is 58.2 Å². The first kappa shape index (κ1) is 38.2. The molecule has 2 aliphatic rings. The lowest BCUT2D eigenvalue weighted by Gasteiger charge is -2.33. The Morgan fingerprint density at radius 3 is 2.47 bits per heavy atom. The molecule has 0 bridgehead atoms. The second-order valence-electron chi connectivity index (χ2n) is 14.1. The Kier molecular flexibility index (Phi) is 13.0. The van der Waals surface area contributed by atoms with Gasteiger partial charge in [0.1, 0.15) is 36.8 Å². The minimum Gasteiger partial charge on any atom is -0.488 e. The normalized spacial score (nSPS) is 17.8. The summed E-state index contributed by atoms with van der Waals surface area (Å²) < 4.78 is 12.7. The SMILES string of the molecule is Cc1c(CCCCN2CC[C@@H](O)C2)cccc1-c1cccc(COc2cc(OCc3cncc(C#N)c3)c(CN3CCNC[C@H]3C(=O)O)cc2Cl)c1C. The average molecular weight is 738 g/mol. The van der Waals surface area contributed by atoms with Crippen LogP contribution >= 0.6 is 11.6 Å². The number of pyridine rings is 1. The van der Waals surface area contributed by atoms with E-state index in [1.807, 2.05) is 4.90 Å². The van der Waals surface area contributed by atoms with Crippen molar-refractivity contribution < 1.29 is 24.5 Å². The molecular weight excluding hydrogens is 690 g/mol. The second-order valence-corrected chi connectivity index (χ2v) is 14.5. The fraction of sp³-hybridized carbons (Fsp3) is 0.405. The van der Waals surface area contributed by atoms with E-state index in [-0.39, 0.29) is 19.3 Å². The van der Waals surface area contributed by atoms with Crippen molar-refractivity contribution in [1.82, 2.24) is 20.1 Å². The van der Waals surface area contributed by atoms with E-state index >= 15 is 0 Å². The van der Waals surface area contributed by atoms with Crippen LogP contribution in [0.25, 0.3) is 11.1 Å². The van der Waals surface area contributed by atoms with Crippen LogP contribution in [0, 0.1) is 25.2 Å². The predicted octanol–water partition coefficient (Wildman–Crippen LogP) is 6.30. The van der Waals surface area contributed by atoms with Crippen LogP contribution in [0.4, 0.5) is 0 Å². The Morgan fingerprint density at radius 2 is 1.74 bits per heavy atom. The summed E-state index contributed by atoms with van der Waals surface area (Å²) in [5.74, 6) is 0.0842. The minimum atomic E-state index is -0.889. The number of aryl methyl sites for hydroxylation is 1. The smallest absolute Gasteiger partial charge is 0.322 e. The summed E-state index contributed by atoms with van der Waals surface area (Å²) in [5.41, 5.74) is 9.09. The van der Waals surface area contributed by atoms with Gasteiger partial charge in [-0.15, -0.1) is 0 Å². The molecule has 0 saturated carbocycles. The lowest BCUT2D eigenvalue weighted by atomic mass is 9.90. The van der Waals surface area contributed by atoms with Crippen LogP contribution in [0.15, 0.2) is 67.0 Å². The number of carboxylic acids is 1. The molecule has 2 saturated heterocycles. The zero-order valence-electron chi connectivity index (χ0n) is 30.5. The predicted molar refractivity (Wildman–Crippen MR) is 205 cm³/mol. The zero-order chi connectivity index (χ0) is 37.3. The van der Waals surface area contributed by atoms with E-state index in [1.54, 1.807) is 24.4 Å². The number of aliphatic carboxylic acids is 1. The maximum Gasteiger partial charge on any atom is 0.322 e. The van der Waals surface area contributed by atoms with Crippen LogP contribution in [0.2, 0.25) is 5.02 Å². The standard InChI is InChI=1S/C42H48ClN5O5/c1-28-32(7-3-4-14-47-15-12-35(49)25-47)8-5-10-36(28)37-11-6-9-33(29(37)2)27-53-41-19-40(52-26-31-17-30(20-44)21-46-22-31)34(18-38(41)43)24-48-16-13-45-23-39(48)42(50)51/h5-6,8-11,17-19,21-22,35,39,45,49H,3-4,7,12-16,23-27H2,1-2H3,(H,50,51)/t35-,39+/m1/s1. The molecule has 278 valence electrons. The number of nitrogens with one attached hydrogen (secondary N) is 1. The molecule has 1 aromatic heterocycles. The Morgan fingerprint density at radius 1 is 0.981 bits per heavy atom. The first-order valence-corrected chi connectivity index (χ1v) is 18.7. The number of nitriles is 1. The quantitative estimate of drug-likeness (QED) is 0.120. The highest BCUT2D eigenvalue weighted by Crippen LogP contribution is 2.36. The molecule has 0 amide bonds. The Balaban J connectivity index is 1.18. The number of carbonyl (C=O) groups is 1. The molecule has 3 N–H and O–H groups in total. The summed E-state index contributed by atoms with van der Waals surface area (Å²) in [7, 11) is 0. The Labute approximate surface area is 316 Å². The van der Waals surface area contributed by atoms with Crippen molar-refractivity contribution in [3.8, 4) is 28.7 Å². The number of hydrogen-bond acceptors (Lipinski definition) is 9. The summed E-state index contributed by atoms with van der Waals surface area (Å²) in [6.07, 6.45) is 7.10. The number of rotatable bonds is 15. The number of likely N-dealkylation sites (tertiary alicyclic amines) is 1. The van der Waals surface area contributed by atoms with Crippen LogP contribution in [0.3, 0.4) is 0 Å². The molecule has 0 radical (unpaired) electrons. The summed E-state index contributed by atoms with van der Waals surface area (Å²) in [4.78, 5) is 20.4. The second kappa shape index (κ2) is 18.0. The molecule has 53 heavy (non-hydrogen) atoms. The topological polar surface area (TPSA) is 131 Å². The maximum absolute atomic E-state index is 12.0. The van der Waals surface area contributed by atoms with Crippen molar-refractivity contribution in [2.75, 3.05) is 39.3 Å². The highest BCUT2D eigenvalue weighted by atomic mass is 35.5. The highest BCUT2D eigenvalue weighted by Gasteiger charge is 2.29. The van der Waals surface area contributed by atoms with Gasteiger partial charge >= 0.3 is 5.97 Å². The lowest BCUT2D eigenvalue weighted by Crippen LogP contribution is -2.54. The van der Waals surface area contributed by atoms with E-state index in [1.165, 1.54) is 28.5 Å². The molecule has 0 spiro atoms. The third-order valence-corrected chi connectivity index (χ3v) is 10.7. The number of halogens is 1. The number of nitrogens with zero attached hydrogens (tertiary/aromatic N) is 4. The van der Waals surface area contributed by atoms with Gasteiger partial charge in [-0.05, 0) is 91.6 Å². The monoisotopic (exact) mass is 737 g/mol. The van der Waals surface area contributed by atoms with Crippen molar-refractivity contribution in [3.05, 3.63) is 111 Å². The van der Waals surface area contributed by atoms with E-state index < -0.39 is 12.0 Å². The van der Waals surface area contributed by atoms with Crippen molar-refractivity contribution in [1.29, 1.82) is 5.26 Å². The van der Waals surface area contributed by atoms with Gasteiger partial charge in [0.05, 0.1) is 16.7 Å². The average Bonchev–Trinajstić information content (AvgIpc) is 3.58. The number of hydrogen-bond donors (Lipinski definition) is 3. The molecule has 4 aromatic rings. The van der Waals surface area contributed by atoms with Crippen LogP contribution in [-0.2, 0) is 31.0 Å². The van der Waals surface area contributed by atoms with Gasteiger partial charge in [-0.1, -0.05) is 48.0 Å². The number of benzene rings is 3. The molecule has 3 heterocycles. The molecule has 2 aliphatic heterocycles. The van der Waals surface area contributed by atoms with Gasteiger partial charge in [0.2, 0.25) is 0 Å². The van der Waals surface area contributed by atoms with E-state index in [2.05, 4.69) is 71.5 Å². The number of aliphatic hydroxyl groups excluding tert-OH is 1. The van der Waals surface area contributed by atoms with Crippen molar-refractivity contribution in [2.24, 2.45) is 0 Å². The lowest BCUT2D eigenvalue weighted by molar-refractivity contribution is -0.144. The molecule has 0 aliphatic carbocycles. The van der Waals surface area contributed by atoms with Crippen LogP contribution < -0.4 is 14.8 Å². The molecule has 2 atom stereocenters. The Hall–Kier alpha value is -4.50. The largest absolute Gasteiger partial charge is 0.488 e. The Bertz CT molecular complexity index is 1950. The fourth-order valence-electron chi connectivity index (χ4n) is 7.33. The van der Waals surface area contributed by atoms with Crippen LogP contribution in [0.5, 0.6) is 11.5 Å². The van der Waals surface area contributed by atoms with Gasteiger partial charge in [-0.3, -0.25) is 14.7 Å². The fourth-order valence-corrected chi connectivity index (χ4v) is 7.57. The molecule has 6 rings (SSSR count). The van der Waals surface area contributed by atoms with E-state index in [4.69, 9.17) is 21.1 Å². The van der Waals surface area contributed by atoms with E-state index in [9.17, 15) is 20.3 Å². The number of carboxylic acid groups (broad SMARTS) is 1. The maximum atomic E-state index is 12.0. The van der Waals surface area contributed by atoms with Gasteiger partial charge in [0, 0.05) is 68.9 Å². The summed E-state index contributed by atoms with van der Waals surface area (Å²) in [6, 6.07) is 19.6. The van der Waals surface area contributed by atoms with Gasteiger partial charge < -0.3 is 29.9 Å². The zero-order valence-corrected chi connectivity index (χ0v) is 31.2. The molecule has 0 unspecified atom stereocenters. The van der Waals surface area contributed by atoms with Crippen molar-refractivity contribution >= 4 is 17.6 Å². The van der Waals surface area contributed by atoms with E-state index in [0.717, 1.165) is 67.6 Å². The van der Waals surface area contributed by atoms with Gasteiger partial charge in [-0.25, -0.2) is 0 Å². The molecule has 10 nitrogen and oxygen atoms in total. The number of aromatic nitrogens is 1. The highest BCUT2D eigenvalue weighted by molar-refractivity contribution is 6.32.